The Balaban J connectivity index is 2.21. The van der Waals surface area contributed by atoms with Gasteiger partial charge in [0.2, 0.25) is 0 Å². The fraction of sp³-hybridized carbons (Fsp3) is 0.600. The quantitative estimate of drug-likeness (QED) is 0.784. The zero-order valence-electron chi connectivity index (χ0n) is 11.4. The third kappa shape index (κ3) is 2.56. The van der Waals surface area contributed by atoms with E-state index >= 15 is 0 Å². The van der Waals surface area contributed by atoms with Crippen molar-refractivity contribution >= 4 is 11.4 Å². The Hall–Kier alpha value is -1.18. The predicted molar refractivity (Wildman–Crippen MR) is 76.2 cm³/mol. The molecule has 1 aliphatic heterocycles. The normalized spacial score (nSPS) is 15.4. The lowest BCUT2D eigenvalue weighted by Crippen LogP contribution is -2.23. The van der Waals surface area contributed by atoms with E-state index in [0.717, 1.165) is 13.1 Å². The topological polar surface area (TPSA) is 6.48 Å². The number of hydrogen-bond donors (Lipinski definition) is 0. The van der Waals surface area contributed by atoms with Crippen LogP contribution in [0.25, 0.3) is 0 Å². The monoisotopic (exact) mass is 232 g/mol. The van der Waals surface area contributed by atoms with Crippen LogP contribution in [0.5, 0.6) is 0 Å². The van der Waals surface area contributed by atoms with Crippen LogP contribution >= 0.6 is 0 Å². The van der Waals surface area contributed by atoms with E-state index in [1.54, 1.807) is 0 Å². The molecular weight excluding hydrogens is 208 g/mol. The molecule has 0 N–H and O–H groups in total. The van der Waals surface area contributed by atoms with Gasteiger partial charge in [-0.1, -0.05) is 0 Å². The fourth-order valence-corrected chi connectivity index (χ4v) is 2.74. The lowest BCUT2D eigenvalue weighted by Gasteiger charge is -2.25. The highest BCUT2D eigenvalue weighted by atomic mass is 15.1. The summed E-state index contributed by atoms with van der Waals surface area (Å²) in [5, 5.41) is 0. The largest absolute Gasteiger partial charge is 0.372 e. The van der Waals surface area contributed by atoms with Gasteiger partial charge in [0, 0.05) is 37.6 Å². The molecule has 2 rings (SSSR count). The van der Waals surface area contributed by atoms with Gasteiger partial charge in [0.05, 0.1) is 0 Å². The van der Waals surface area contributed by atoms with Crippen molar-refractivity contribution in [2.75, 3.05) is 36.0 Å². The average Bonchev–Trinajstić information content (AvgIpc) is 2.84. The van der Waals surface area contributed by atoms with Crippen molar-refractivity contribution < 1.29 is 0 Å². The molecular formula is C15H24N2. The molecule has 0 saturated carbocycles. The standard InChI is InChI=1S/C15H24N2/c1-4-16(5-2)14-8-9-15(13(3)12-14)17-10-6-7-11-17/h8-9,12H,4-7,10-11H2,1-3H3. The molecule has 0 atom stereocenters. The van der Waals surface area contributed by atoms with Crippen LogP contribution in [-0.4, -0.2) is 26.2 Å². The summed E-state index contributed by atoms with van der Waals surface area (Å²) >= 11 is 0. The predicted octanol–water partition coefficient (Wildman–Crippen LogP) is 3.44. The Morgan fingerprint density at radius 1 is 1.12 bits per heavy atom. The van der Waals surface area contributed by atoms with Gasteiger partial charge in [0.1, 0.15) is 0 Å². The Bertz CT molecular complexity index is 363. The Kier molecular flexibility index (Phi) is 3.93. The summed E-state index contributed by atoms with van der Waals surface area (Å²) < 4.78 is 0. The first kappa shape index (κ1) is 12.3. The van der Waals surface area contributed by atoms with Crippen LogP contribution in [0.3, 0.4) is 0 Å². The molecule has 1 heterocycles. The lowest BCUT2D eigenvalue weighted by molar-refractivity contribution is 0.864. The minimum Gasteiger partial charge on any atom is -0.372 e. The molecule has 1 saturated heterocycles. The average molecular weight is 232 g/mol. The molecule has 1 fully saturated rings. The second-order valence-corrected chi connectivity index (χ2v) is 4.84. The van der Waals surface area contributed by atoms with Gasteiger partial charge in [0.15, 0.2) is 0 Å². The van der Waals surface area contributed by atoms with Gasteiger partial charge in [-0.15, -0.1) is 0 Å². The van der Waals surface area contributed by atoms with Gasteiger partial charge in [-0.05, 0) is 57.4 Å². The zero-order chi connectivity index (χ0) is 12.3. The highest BCUT2D eigenvalue weighted by Gasteiger charge is 2.14. The molecule has 0 bridgehead atoms. The van der Waals surface area contributed by atoms with Crippen LogP contribution in [0.1, 0.15) is 32.3 Å². The van der Waals surface area contributed by atoms with Crippen molar-refractivity contribution in [2.24, 2.45) is 0 Å². The van der Waals surface area contributed by atoms with Gasteiger partial charge in [-0.2, -0.15) is 0 Å². The van der Waals surface area contributed by atoms with Crippen LogP contribution in [0.15, 0.2) is 18.2 Å². The van der Waals surface area contributed by atoms with E-state index in [-0.39, 0.29) is 0 Å². The van der Waals surface area contributed by atoms with Crippen molar-refractivity contribution in [1.29, 1.82) is 0 Å². The number of nitrogens with zero attached hydrogens (tertiary/aromatic N) is 2. The van der Waals surface area contributed by atoms with Crippen LogP contribution in [-0.2, 0) is 0 Å². The minimum atomic E-state index is 1.08. The second kappa shape index (κ2) is 5.44. The van der Waals surface area contributed by atoms with Crippen molar-refractivity contribution in [1.82, 2.24) is 0 Å². The number of anilines is 2. The van der Waals surface area contributed by atoms with Crippen LogP contribution in [0.2, 0.25) is 0 Å². The molecule has 94 valence electrons. The number of benzene rings is 1. The van der Waals surface area contributed by atoms with Crippen molar-refractivity contribution in [3.8, 4) is 0 Å². The first-order valence-corrected chi connectivity index (χ1v) is 6.86. The lowest BCUT2D eigenvalue weighted by atomic mass is 10.1. The molecule has 0 unspecified atom stereocenters. The van der Waals surface area contributed by atoms with Crippen molar-refractivity contribution in [2.45, 2.75) is 33.6 Å². The molecule has 1 aromatic carbocycles. The molecule has 0 spiro atoms. The number of aryl methyl sites for hydroxylation is 1. The molecule has 17 heavy (non-hydrogen) atoms. The highest BCUT2D eigenvalue weighted by molar-refractivity contribution is 5.61. The number of rotatable bonds is 4. The summed E-state index contributed by atoms with van der Waals surface area (Å²) in [7, 11) is 0. The third-order valence-corrected chi connectivity index (χ3v) is 3.76. The minimum absolute atomic E-state index is 1.08. The molecule has 2 heteroatoms. The first-order chi connectivity index (χ1) is 8.26. The van der Waals surface area contributed by atoms with Gasteiger partial charge in [-0.25, -0.2) is 0 Å². The van der Waals surface area contributed by atoms with E-state index in [9.17, 15) is 0 Å². The van der Waals surface area contributed by atoms with Crippen LogP contribution in [0, 0.1) is 6.92 Å². The smallest absolute Gasteiger partial charge is 0.0397 e. The van der Waals surface area contributed by atoms with E-state index < -0.39 is 0 Å². The van der Waals surface area contributed by atoms with Crippen molar-refractivity contribution in [3.63, 3.8) is 0 Å². The molecule has 1 aromatic rings. The SMILES string of the molecule is CCN(CC)c1ccc(N2CCCC2)c(C)c1. The summed E-state index contributed by atoms with van der Waals surface area (Å²) in [5.41, 5.74) is 4.20. The van der Waals surface area contributed by atoms with Crippen molar-refractivity contribution in [3.05, 3.63) is 23.8 Å². The summed E-state index contributed by atoms with van der Waals surface area (Å²) in [4.78, 5) is 4.92. The van der Waals surface area contributed by atoms with E-state index in [2.05, 4.69) is 48.8 Å². The maximum atomic E-state index is 2.52. The van der Waals surface area contributed by atoms with E-state index in [1.807, 2.05) is 0 Å². The first-order valence-electron chi connectivity index (χ1n) is 6.86. The van der Waals surface area contributed by atoms with E-state index in [1.165, 1.54) is 42.9 Å². The molecule has 2 nitrogen and oxygen atoms in total. The molecule has 0 aromatic heterocycles. The van der Waals surface area contributed by atoms with Gasteiger partial charge < -0.3 is 9.80 Å². The molecule has 0 radical (unpaired) electrons. The fourth-order valence-electron chi connectivity index (χ4n) is 2.74. The highest BCUT2D eigenvalue weighted by Crippen LogP contribution is 2.28. The summed E-state index contributed by atoms with van der Waals surface area (Å²) in [6, 6.07) is 6.91. The van der Waals surface area contributed by atoms with Gasteiger partial charge >= 0.3 is 0 Å². The molecule has 1 aliphatic rings. The van der Waals surface area contributed by atoms with Crippen LogP contribution in [0.4, 0.5) is 11.4 Å². The van der Waals surface area contributed by atoms with E-state index in [4.69, 9.17) is 0 Å². The maximum Gasteiger partial charge on any atom is 0.0397 e. The van der Waals surface area contributed by atoms with E-state index in [0.29, 0.717) is 0 Å². The Morgan fingerprint density at radius 3 is 2.29 bits per heavy atom. The summed E-state index contributed by atoms with van der Waals surface area (Å²) in [6.45, 7) is 11.3. The summed E-state index contributed by atoms with van der Waals surface area (Å²) in [6.07, 6.45) is 2.69. The number of hydrogen-bond acceptors (Lipinski definition) is 2. The van der Waals surface area contributed by atoms with Crippen LogP contribution < -0.4 is 9.80 Å². The molecule has 0 aliphatic carbocycles. The van der Waals surface area contributed by atoms with Gasteiger partial charge in [0.25, 0.3) is 0 Å². The zero-order valence-corrected chi connectivity index (χ0v) is 11.4. The molecule has 0 amide bonds. The Labute approximate surface area is 105 Å². The maximum absolute atomic E-state index is 2.52. The Morgan fingerprint density at radius 2 is 1.76 bits per heavy atom. The summed E-state index contributed by atoms with van der Waals surface area (Å²) in [5.74, 6) is 0. The van der Waals surface area contributed by atoms with Gasteiger partial charge in [-0.3, -0.25) is 0 Å². The third-order valence-electron chi connectivity index (χ3n) is 3.76. The second-order valence-electron chi connectivity index (χ2n) is 4.84.